The lowest BCUT2D eigenvalue weighted by atomic mass is 9.91. The Balaban J connectivity index is 3.09. The van der Waals surface area contributed by atoms with Gasteiger partial charge >= 0.3 is 0 Å². The Morgan fingerprint density at radius 2 is 2.15 bits per heavy atom. The van der Waals surface area contributed by atoms with E-state index in [-0.39, 0.29) is 0 Å². The van der Waals surface area contributed by atoms with Crippen LogP contribution in [0, 0.1) is 24.5 Å². The summed E-state index contributed by atoms with van der Waals surface area (Å²) in [5.41, 5.74) is 3.38. The van der Waals surface area contributed by atoms with Crippen LogP contribution in [0.25, 0.3) is 0 Å². The van der Waals surface area contributed by atoms with Crippen LogP contribution >= 0.6 is 23.4 Å². The van der Waals surface area contributed by atoms with Gasteiger partial charge in [0, 0.05) is 16.3 Å². The monoisotopic (exact) mass is 311 g/mol. The molecule has 0 heterocycles. The standard InChI is InChI=1S/C16H22ClNOS/c1-5-7-19-16-12(3)9-14(17)13(4)15(16)11(2)6-8-20-10-18/h9,11H,5-8H2,1-4H3. The highest BCUT2D eigenvalue weighted by Crippen LogP contribution is 2.38. The normalized spacial score (nSPS) is 12.0. The maximum atomic E-state index is 8.63. The molecule has 0 N–H and O–H groups in total. The van der Waals surface area contributed by atoms with Gasteiger partial charge in [-0.3, -0.25) is 0 Å². The maximum absolute atomic E-state index is 8.63. The van der Waals surface area contributed by atoms with Gasteiger partial charge < -0.3 is 4.74 Å². The summed E-state index contributed by atoms with van der Waals surface area (Å²) in [6.07, 6.45) is 1.93. The van der Waals surface area contributed by atoms with Crippen molar-refractivity contribution in [2.24, 2.45) is 0 Å². The van der Waals surface area contributed by atoms with Crippen molar-refractivity contribution in [1.29, 1.82) is 5.26 Å². The molecule has 0 saturated heterocycles. The van der Waals surface area contributed by atoms with Crippen LogP contribution in [0.5, 0.6) is 5.75 Å². The molecule has 0 aliphatic rings. The summed E-state index contributed by atoms with van der Waals surface area (Å²) in [6, 6.07) is 1.97. The van der Waals surface area contributed by atoms with Gasteiger partial charge in [0.05, 0.1) is 6.61 Å². The van der Waals surface area contributed by atoms with Crippen LogP contribution in [-0.4, -0.2) is 12.4 Å². The van der Waals surface area contributed by atoms with Gasteiger partial charge in [-0.15, -0.1) is 0 Å². The third-order valence-electron chi connectivity index (χ3n) is 3.37. The van der Waals surface area contributed by atoms with Crippen molar-refractivity contribution in [3.05, 3.63) is 27.8 Å². The van der Waals surface area contributed by atoms with Crippen LogP contribution in [0.4, 0.5) is 0 Å². The Kier molecular flexibility index (Phi) is 7.26. The van der Waals surface area contributed by atoms with E-state index in [1.807, 2.05) is 19.9 Å². The van der Waals surface area contributed by atoms with Gasteiger partial charge in [0.2, 0.25) is 0 Å². The summed E-state index contributed by atoms with van der Waals surface area (Å²) in [5.74, 6) is 2.14. The van der Waals surface area contributed by atoms with Crippen molar-refractivity contribution in [2.45, 2.75) is 46.5 Å². The predicted molar refractivity (Wildman–Crippen MR) is 87.8 cm³/mol. The second-order valence-corrected chi connectivity index (χ2v) is 6.31. The number of thioether (sulfide) groups is 1. The van der Waals surface area contributed by atoms with E-state index < -0.39 is 0 Å². The van der Waals surface area contributed by atoms with Crippen molar-refractivity contribution in [1.82, 2.24) is 0 Å². The van der Waals surface area contributed by atoms with Crippen molar-refractivity contribution in [3.63, 3.8) is 0 Å². The van der Waals surface area contributed by atoms with E-state index in [0.717, 1.165) is 40.5 Å². The molecular formula is C16H22ClNOS. The van der Waals surface area contributed by atoms with E-state index in [4.69, 9.17) is 21.6 Å². The molecule has 1 rings (SSSR count). The summed E-state index contributed by atoms with van der Waals surface area (Å²) >= 11 is 7.62. The zero-order valence-electron chi connectivity index (χ0n) is 12.6. The molecule has 1 aromatic rings. The Labute approximate surface area is 131 Å². The van der Waals surface area contributed by atoms with Crippen LogP contribution in [0.3, 0.4) is 0 Å². The molecule has 1 aromatic carbocycles. The highest BCUT2D eigenvalue weighted by Gasteiger charge is 2.19. The molecule has 0 aliphatic heterocycles. The number of nitriles is 1. The van der Waals surface area contributed by atoms with Crippen LogP contribution in [0.1, 0.15) is 49.3 Å². The fourth-order valence-corrected chi connectivity index (χ4v) is 3.12. The molecule has 0 aliphatic carbocycles. The molecule has 110 valence electrons. The first kappa shape index (κ1) is 17.2. The summed E-state index contributed by atoms with van der Waals surface area (Å²) in [5, 5.41) is 11.5. The van der Waals surface area contributed by atoms with E-state index in [1.54, 1.807) is 0 Å². The number of halogens is 1. The lowest BCUT2D eigenvalue weighted by Gasteiger charge is -2.22. The second kappa shape index (κ2) is 8.44. The number of hydrogen-bond donors (Lipinski definition) is 0. The number of benzene rings is 1. The summed E-state index contributed by atoms with van der Waals surface area (Å²) < 4.78 is 5.95. The fourth-order valence-electron chi connectivity index (χ4n) is 2.29. The van der Waals surface area contributed by atoms with Crippen LogP contribution in [-0.2, 0) is 0 Å². The molecule has 4 heteroatoms. The van der Waals surface area contributed by atoms with Crippen molar-refractivity contribution < 1.29 is 4.74 Å². The molecule has 0 saturated carbocycles. The smallest absolute Gasteiger partial charge is 0.133 e. The minimum Gasteiger partial charge on any atom is -0.493 e. The first-order valence-electron chi connectivity index (χ1n) is 6.96. The quantitative estimate of drug-likeness (QED) is 0.495. The number of aryl methyl sites for hydroxylation is 1. The summed E-state index contributed by atoms with van der Waals surface area (Å²) in [7, 11) is 0. The molecule has 20 heavy (non-hydrogen) atoms. The molecule has 1 unspecified atom stereocenters. The number of hydrogen-bond acceptors (Lipinski definition) is 3. The molecular weight excluding hydrogens is 290 g/mol. The van der Waals surface area contributed by atoms with Crippen molar-refractivity contribution >= 4 is 23.4 Å². The summed E-state index contributed by atoms with van der Waals surface area (Å²) in [6.45, 7) is 9.08. The van der Waals surface area contributed by atoms with Gasteiger partial charge in [-0.05, 0) is 61.6 Å². The van der Waals surface area contributed by atoms with E-state index >= 15 is 0 Å². The number of rotatable bonds is 7. The zero-order valence-corrected chi connectivity index (χ0v) is 14.2. The van der Waals surface area contributed by atoms with E-state index in [0.29, 0.717) is 12.5 Å². The summed E-state index contributed by atoms with van der Waals surface area (Å²) in [4.78, 5) is 0. The van der Waals surface area contributed by atoms with Gasteiger partial charge in [-0.2, -0.15) is 5.26 Å². The Morgan fingerprint density at radius 1 is 1.45 bits per heavy atom. The average Bonchev–Trinajstić information content (AvgIpc) is 2.41. The Hall–Kier alpha value is -0.850. The molecule has 0 fully saturated rings. The average molecular weight is 312 g/mol. The van der Waals surface area contributed by atoms with Crippen LogP contribution < -0.4 is 4.74 Å². The maximum Gasteiger partial charge on any atom is 0.133 e. The third kappa shape index (κ3) is 4.33. The second-order valence-electron chi connectivity index (χ2n) is 5.02. The third-order valence-corrected chi connectivity index (χ3v) is 4.33. The Bertz CT molecular complexity index is 496. The lowest BCUT2D eigenvalue weighted by Crippen LogP contribution is -2.07. The molecule has 0 amide bonds. The lowest BCUT2D eigenvalue weighted by molar-refractivity contribution is 0.310. The minimum atomic E-state index is 0.333. The SMILES string of the molecule is CCCOc1c(C)cc(Cl)c(C)c1C(C)CCSC#N. The Morgan fingerprint density at radius 3 is 2.75 bits per heavy atom. The largest absolute Gasteiger partial charge is 0.493 e. The van der Waals surface area contributed by atoms with Crippen molar-refractivity contribution in [2.75, 3.05) is 12.4 Å². The van der Waals surface area contributed by atoms with E-state index in [1.165, 1.54) is 17.3 Å². The molecule has 0 radical (unpaired) electrons. The van der Waals surface area contributed by atoms with Crippen LogP contribution in [0.15, 0.2) is 6.07 Å². The first-order chi connectivity index (χ1) is 9.52. The molecule has 1 atom stereocenters. The highest BCUT2D eigenvalue weighted by atomic mass is 35.5. The van der Waals surface area contributed by atoms with Gasteiger partial charge in [-0.25, -0.2) is 0 Å². The number of ether oxygens (including phenoxy) is 1. The molecule has 0 spiro atoms. The first-order valence-corrected chi connectivity index (χ1v) is 8.32. The minimum absolute atomic E-state index is 0.333. The highest BCUT2D eigenvalue weighted by molar-refractivity contribution is 8.03. The number of nitrogens with zero attached hydrogens (tertiary/aromatic N) is 1. The van der Waals surface area contributed by atoms with Gasteiger partial charge in [0.25, 0.3) is 0 Å². The number of thiocyanates is 1. The van der Waals surface area contributed by atoms with Crippen molar-refractivity contribution in [3.8, 4) is 11.2 Å². The predicted octanol–water partition coefficient (Wildman–Crippen LogP) is 5.45. The zero-order chi connectivity index (χ0) is 15.1. The van der Waals surface area contributed by atoms with Gasteiger partial charge in [-0.1, -0.05) is 25.4 Å². The van der Waals surface area contributed by atoms with Crippen LogP contribution in [0.2, 0.25) is 5.02 Å². The van der Waals surface area contributed by atoms with E-state index in [9.17, 15) is 0 Å². The fraction of sp³-hybridized carbons (Fsp3) is 0.562. The van der Waals surface area contributed by atoms with E-state index in [2.05, 4.69) is 19.2 Å². The van der Waals surface area contributed by atoms with Gasteiger partial charge in [0.15, 0.2) is 0 Å². The molecule has 0 bridgehead atoms. The topological polar surface area (TPSA) is 33.0 Å². The molecule has 0 aromatic heterocycles. The van der Waals surface area contributed by atoms with Gasteiger partial charge in [0.1, 0.15) is 11.2 Å². The molecule has 2 nitrogen and oxygen atoms in total.